The van der Waals surface area contributed by atoms with Gasteiger partial charge in [0.05, 0.1) is 12.7 Å². The van der Waals surface area contributed by atoms with Gasteiger partial charge in [-0.3, -0.25) is 4.68 Å². The first-order chi connectivity index (χ1) is 22.1. The molecule has 3 aromatic heterocycles. The van der Waals surface area contributed by atoms with E-state index in [1.54, 1.807) is 0 Å². The highest BCUT2D eigenvalue weighted by atomic mass is 16.5. The van der Waals surface area contributed by atoms with Crippen molar-refractivity contribution >= 4 is 28.4 Å². The molecule has 1 atom stereocenters. The molecule has 0 radical (unpaired) electrons. The molecule has 0 bridgehead atoms. The van der Waals surface area contributed by atoms with Gasteiger partial charge in [-0.05, 0) is 72.5 Å². The fraction of sp³-hybridized carbons (Fsp3) is 0.194. The van der Waals surface area contributed by atoms with Crippen LogP contribution in [0.4, 0.5) is 16.2 Å². The van der Waals surface area contributed by atoms with Gasteiger partial charge in [0.2, 0.25) is 0 Å². The van der Waals surface area contributed by atoms with Crippen molar-refractivity contribution < 1.29 is 9.53 Å². The van der Waals surface area contributed by atoms with Crippen LogP contribution in [-0.2, 0) is 17.7 Å². The van der Waals surface area contributed by atoms with Crippen LogP contribution in [0, 0.1) is 0 Å². The van der Waals surface area contributed by atoms with Crippen molar-refractivity contribution in [1.29, 1.82) is 0 Å². The van der Waals surface area contributed by atoms with Crippen LogP contribution < -0.4 is 16.0 Å². The summed E-state index contributed by atoms with van der Waals surface area (Å²) in [6, 6.07) is 29.7. The summed E-state index contributed by atoms with van der Waals surface area (Å²) in [5.41, 5.74) is 9.53. The third-order valence-electron chi connectivity index (χ3n) is 8.06. The number of carbonyl (C=O) groups is 1. The van der Waals surface area contributed by atoms with Crippen molar-refractivity contribution in [2.24, 2.45) is 0 Å². The molecule has 45 heavy (non-hydrogen) atoms. The highest BCUT2D eigenvalue weighted by molar-refractivity contribution is 6.01. The standard InChI is InChI=1S/C36H35N7O2/c1-2-43-23-32(34(42-43)25-11-13-28(14-12-25)40-36(44)39-27-9-4-3-5-10-27)30-15-16-38-35-31(30)21-33(41-35)26-8-6-7-24(19-26)20-29-22-37-17-18-45-29/h3-16,19,21,23,29,37H,2,17-18,20,22H2,1H3,(H,38,41)(H2,39,40,44). The Morgan fingerprint density at radius 2 is 1.76 bits per heavy atom. The highest BCUT2D eigenvalue weighted by Crippen LogP contribution is 2.37. The monoisotopic (exact) mass is 597 g/mol. The van der Waals surface area contributed by atoms with E-state index in [4.69, 9.17) is 9.84 Å². The number of nitrogens with zero attached hydrogens (tertiary/aromatic N) is 3. The SMILES string of the molecule is CCn1cc(-c2ccnc3[nH]c(-c4cccc(CC5CNCCO5)c4)cc23)c(-c2ccc(NC(=O)Nc3ccccc3)cc2)n1. The minimum atomic E-state index is -0.294. The Morgan fingerprint density at radius 1 is 0.933 bits per heavy atom. The molecule has 2 amide bonds. The summed E-state index contributed by atoms with van der Waals surface area (Å²) in [5, 5.41) is 15.1. The number of nitrogens with one attached hydrogen (secondary N) is 4. The maximum absolute atomic E-state index is 12.5. The van der Waals surface area contributed by atoms with Crippen LogP contribution >= 0.6 is 0 Å². The molecule has 6 aromatic rings. The molecular formula is C36H35N7O2. The summed E-state index contributed by atoms with van der Waals surface area (Å²) in [6.45, 7) is 5.36. The number of aromatic nitrogens is 4. The Morgan fingerprint density at radius 3 is 2.53 bits per heavy atom. The zero-order chi connectivity index (χ0) is 30.6. The lowest BCUT2D eigenvalue weighted by atomic mass is 9.99. The normalized spacial score (nSPS) is 14.8. The number of morpholine rings is 1. The molecular weight excluding hydrogens is 562 g/mol. The lowest BCUT2D eigenvalue weighted by molar-refractivity contribution is 0.0292. The number of aromatic amines is 1. The fourth-order valence-corrected chi connectivity index (χ4v) is 5.82. The molecule has 4 heterocycles. The zero-order valence-corrected chi connectivity index (χ0v) is 25.1. The van der Waals surface area contributed by atoms with Gasteiger partial charge in [-0.1, -0.05) is 48.5 Å². The zero-order valence-electron chi connectivity index (χ0n) is 25.1. The number of hydrogen-bond donors (Lipinski definition) is 4. The number of urea groups is 1. The van der Waals surface area contributed by atoms with Crippen LogP contribution in [0.15, 0.2) is 103 Å². The summed E-state index contributed by atoms with van der Waals surface area (Å²) < 4.78 is 7.89. The smallest absolute Gasteiger partial charge is 0.323 e. The van der Waals surface area contributed by atoms with E-state index >= 15 is 0 Å². The number of carbonyl (C=O) groups excluding carboxylic acids is 1. The number of hydrogen-bond acceptors (Lipinski definition) is 5. The van der Waals surface area contributed by atoms with E-state index in [-0.39, 0.29) is 12.1 Å². The molecule has 9 heteroatoms. The summed E-state index contributed by atoms with van der Waals surface area (Å²) in [7, 11) is 0. The minimum Gasteiger partial charge on any atom is -0.375 e. The van der Waals surface area contributed by atoms with Gasteiger partial charge >= 0.3 is 6.03 Å². The largest absolute Gasteiger partial charge is 0.375 e. The molecule has 9 nitrogen and oxygen atoms in total. The average molecular weight is 598 g/mol. The number of ether oxygens (including phenoxy) is 1. The molecule has 226 valence electrons. The maximum Gasteiger partial charge on any atom is 0.323 e. The number of H-pyrrole nitrogens is 1. The molecule has 0 saturated carbocycles. The Bertz CT molecular complexity index is 1920. The number of fused-ring (bicyclic) bond motifs is 1. The van der Waals surface area contributed by atoms with Gasteiger partial charge in [0.25, 0.3) is 0 Å². The van der Waals surface area contributed by atoms with E-state index in [0.717, 1.165) is 83.0 Å². The van der Waals surface area contributed by atoms with E-state index in [1.807, 2.05) is 71.5 Å². The molecule has 7 rings (SSSR count). The van der Waals surface area contributed by atoms with Crippen LogP contribution in [0.1, 0.15) is 12.5 Å². The molecule has 4 N–H and O–H groups in total. The van der Waals surface area contributed by atoms with Crippen molar-refractivity contribution in [3.63, 3.8) is 0 Å². The lowest BCUT2D eigenvalue weighted by Gasteiger charge is -2.23. The predicted octanol–water partition coefficient (Wildman–Crippen LogP) is 6.96. The second-order valence-electron chi connectivity index (χ2n) is 11.2. The molecule has 1 unspecified atom stereocenters. The lowest BCUT2D eigenvalue weighted by Crippen LogP contribution is -2.39. The number of aryl methyl sites for hydroxylation is 1. The topological polar surface area (TPSA) is 109 Å². The highest BCUT2D eigenvalue weighted by Gasteiger charge is 2.18. The Kier molecular flexibility index (Phi) is 8.09. The quantitative estimate of drug-likeness (QED) is 0.152. The first-order valence-electron chi connectivity index (χ1n) is 15.3. The van der Waals surface area contributed by atoms with E-state index in [1.165, 1.54) is 5.56 Å². The number of amides is 2. The second-order valence-corrected chi connectivity index (χ2v) is 11.2. The van der Waals surface area contributed by atoms with Crippen molar-refractivity contribution in [2.75, 3.05) is 30.3 Å². The van der Waals surface area contributed by atoms with Crippen LogP contribution in [0.3, 0.4) is 0 Å². The van der Waals surface area contributed by atoms with Crippen LogP contribution in [-0.4, -0.2) is 51.6 Å². The van der Waals surface area contributed by atoms with Crippen LogP contribution in [0.5, 0.6) is 0 Å². The van der Waals surface area contributed by atoms with E-state index in [9.17, 15) is 4.79 Å². The second kappa shape index (κ2) is 12.8. The van der Waals surface area contributed by atoms with Gasteiger partial charge in [0.1, 0.15) is 11.3 Å². The number of benzene rings is 3. The average Bonchev–Trinajstić information content (AvgIpc) is 3.71. The minimum absolute atomic E-state index is 0.190. The Balaban J connectivity index is 1.16. The van der Waals surface area contributed by atoms with Crippen molar-refractivity contribution in [3.8, 4) is 33.6 Å². The van der Waals surface area contributed by atoms with Gasteiger partial charge in [-0.2, -0.15) is 5.10 Å². The molecule has 0 aliphatic carbocycles. The molecule has 0 spiro atoms. The summed E-state index contributed by atoms with van der Waals surface area (Å²) >= 11 is 0. The number of para-hydroxylation sites is 1. The molecule has 1 fully saturated rings. The third-order valence-corrected chi connectivity index (χ3v) is 8.06. The molecule has 1 saturated heterocycles. The fourth-order valence-electron chi connectivity index (χ4n) is 5.82. The van der Waals surface area contributed by atoms with Gasteiger partial charge in [-0.15, -0.1) is 0 Å². The number of pyridine rings is 1. The van der Waals surface area contributed by atoms with Crippen molar-refractivity contribution in [3.05, 3.63) is 109 Å². The first-order valence-corrected chi connectivity index (χ1v) is 15.3. The van der Waals surface area contributed by atoms with Gasteiger partial charge in [0.15, 0.2) is 0 Å². The van der Waals surface area contributed by atoms with Gasteiger partial charge in [0, 0.05) is 65.6 Å². The maximum atomic E-state index is 12.5. The predicted molar refractivity (Wildman–Crippen MR) is 179 cm³/mol. The Labute approximate surface area is 261 Å². The van der Waals surface area contributed by atoms with E-state index in [2.05, 4.69) is 69.4 Å². The number of anilines is 2. The van der Waals surface area contributed by atoms with E-state index < -0.39 is 0 Å². The number of rotatable bonds is 8. The Hall–Kier alpha value is -5.25. The van der Waals surface area contributed by atoms with E-state index in [0.29, 0.717) is 5.69 Å². The summed E-state index contributed by atoms with van der Waals surface area (Å²) in [5.74, 6) is 0. The van der Waals surface area contributed by atoms with Crippen molar-refractivity contribution in [2.45, 2.75) is 26.0 Å². The summed E-state index contributed by atoms with van der Waals surface area (Å²) in [6.07, 6.45) is 4.99. The third kappa shape index (κ3) is 6.35. The summed E-state index contributed by atoms with van der Waals surface area (Å²) in [4.78, 5) is 20.7. The van der Waals surface area contributed by atoms with Crippen LogP contribution in [0.2, 0.25) is 0 Å². The van der Waals surface area contributed by atoms with Gasteiger partial charge < -0.3 is 25.7 Å². The molecule has 1 aliphatic heterocycles. The molecule has 1 aliphatic rings. The first kappa shape index (κ1) is 28.5. The van der Waals surface area contributed by atoms with Crippen LogP contribution in [0.25, 0.3) is 44.7 Å². The van der Waals surface area contributed by atoms with Gasteiger partial charge in [-0.25, -0.2) is 9.78 Å². The van der Waals surface area contributed by atoms with Crippen molar-refractivity contribution in [1.82, 2.24) is 25.1 Å². The molecule has 3 aromatic carbocycles.